The molecule has 0 saturated carbocycles. The van der Waals surface area contributed by atoms with Crippen molar-refractivity contribution in [2.45, 2.75) is 38.4 Å². The number of nitrogens with zero attached hydrogens (tertiary/aromatic N) is 2. The maximum absolute atomic E-state index is 12.7. The highest BCUT2D eigenvalue weighted by atomic mass is 16.5. The van der Waals surface area contributed by atoms with Gasteiger partial charge in [0.25, 0.3) is 0 Å². The Bertz CT molecular complexity index is 626. The highest BCUT2D eigenvalue weighted by molar-refractivity contribution is 5.79. The fraction of sp³-hybridized carbons (Fsp3) is 0.600. The van der Waals surface area contributed by atoms with Gasteiger partial charge >= 0.3 is 5.97 Å². The number of rotatable bonds is 5. The predicted octanol–water partition coefficient (Wildman–Crippen LogP) is 1.81. The molecule has 2 saturated heterocycles. The van der Waals surface area contributed by atoms with Crippen molar-refractivity contribution in [3.63, 3.8) is 0 Å². The normalized spacial score (nSPS) is 29.7. The first-order valence-corrected chi connectivity index (χ1v) is 9.37. The summed E-state index contributed by atoms with van der Waals surface area (Å²) in [5.41, 5.74) is 0.992. The lowest BCUT2D eigenvalue weighted by molar-refractivity contribution is -0.142. The smallest absolute Gasteiger partial charge is 0.308 e. The highest BCUT2D eigenvalue weighted by Crippen LogP contribution is 2.33. The summed E-state index contributed by atoms with van der Waals surface area (Å²) in [6, 6.07) is 9.65. The molecule has 6 heteroatoms. The Morgan fingerprint density at radius 3 is 2.35 bits per heavy atom. The van der Waals surface area contributed by atoms with E-state index < -0.39 is 11.9 Å². The molecule has 2 aliphatic rings. The van der Waals surface area contributed by atoms with Crippen LogP contribution in [0.3, 0.4) is 0 Å². The van der Waals surface area contributed by atoms with Gasteiger partial charge in [-0.2, -0.15) is 0 Å². The summed E-state index contributed by atoms with van der Waals surface area (Å²) < 4.78 is 5.72. The van der Waals surface area contributed by atoms with Gasteiger partial charge in [-0.1, -0.05) is 30.3 Å². The number of benzene rings is 1. The van der Waals surface area contributed by atoms with E-state index in [9.17, 15) is 14.7 Å². The summed E-state index contributed by atoms with van der Waals surface area (Å²) >= 11 is 0. The molecule has 0 bridgehead atoms. The lowest BCUT2D eigenvalue weighted by Crippen LogP contribution is -2.46. The minimum atomic E-state index is -0.829. The van der Waals surface area contributed by atoms with Gasteiger partial charge in [0.2, 0.25) is 5.91 Å². The highest BCUT2D eigenvalue weighted by Gasteiger charge is 2.40. The van der Waals surface area contributed by atoms with Crippen LogP contribution in [-0.4, -0.2) is 71.7 Å². The maximum Gasteiger partial charge on any atom is 0.308 e. The van der Waals surface area contributed by atoms with E-state index in [0.29, 0.717) is 26.1 Å². The first-order chi connectivity index (χ1) is 12.4. The topological polar surface area (TPSA) is 70.1 Å². The Labute approximate surface area is 154 Å². The van der Waals surface area contributed by atoms with E-state index in [1.807, 2.05) is 44.2 Å². The van der Waals surface area contributed by atoms with Crippen LogP contribution < -0.4 is 0 Å². The second kappa shape index (κ2) is 8.18. The number of carbonyl (C=O) groups excluding carboxylic acids is 1. The minimum Gasteiger partial charge on any atom is -0.481 e. The molecule has 0 aromatic heterocycles. The van der Waals surface area contributed by atoms with Crippen LogP contribution in [0.4, 0.5) is 0 Å². The minimum absolute atomic E-state index is 0.0430. The summed E-state index contributed by atoms with van der Waals surface area (Å²) in [5, 5.41) is 9.58. The van der Waals surface area contributed by atoms with Crippen LogP contribution in [0.15, 0.2) is 30.3 Å². The molecule has 26 heavy (non-hydrogen) atoms. The number of carboxylic acid groups (broad SMARTS) is 1. The van der Waals surface area contributed by atoms with Gasteiger partial charge in [0, 0.05) is 45.1 Å². The lowest BCUT2D eigenvalue weighted by atomic mass is 9.89. The summed E-state index contributed by atoms with van der Waals surface area (Å²) in [6.45, 7) is 7.24. The molecule has 4 atom stereocenters. The molecule has 0 radical (unpaired) electrons. The van der Waals surface area contributed by atoms with Gasteiger partial charge in [-0.25, -0.2) is 0 Å². The molecule has 1 aromatic carbocycles. The van der Waals surface area contributed by atoms with Crippen molar-refractivity contribution in [2.75, 3.05) is 32.7 Å². The van der Waals surface area contributed by atoms with Gasteiger partial charge in [-0.05, 0) is 19.4 Å². The van der Waals surface area contributed by atoms with Crippen molar-refractivity contribution < 1.29 is 19.4 Å². The zero-order chi connectivity index (χ0) is 18.7. The number of carboxylic acids is 1. The van der Waals surface area contributed by atoms with Crippen LogP contribution in [0.1, 0.15) is 31.7 Å². The van der Waals surface area contributed by atoms with Crippen LogP contribution in [0.25, 0.3) is 0 Å². The van der Waals surface area contributed by atoms with Crippen molar-refractivity contribution >= 4 is 11.9 Å². The Hall–Kier alpha value is -1.92. The summed E-state index contributed by atoms with van der Waals surface area (Å²) in [5.74, 6) is -1.46. The zero-order valence-corrected chi connectivity index (χ0v) is 15.5. The monoisotopic (exact) mass is 360 g/mol. The van der Waals surface area contributed by atoms with E-state index in [2.05, 4.69) is 4.90 Å². The largest absolute Gasteiger partial charge is 0.481 e. The fourth-order valence-corrected chi connectivity index (χ4v) is 4.17. The second-order valence-corrected chi connectivity index (χ2v) is 7.53. The molecule has 142 valence electrons. The van der Waals surface area contributed by atoms with E-state index in [1.165, 1.54) is 0 Å². The molecule has 0 aliphatic carbocycles. The number of amides is 1. The maximum atomic E-state index is 12.7. The van der Waals surface area contributed by atoms with Crippen LogP contribution in [-0.2, 0) is 14.3 Å². The number of carbonyl (C=O) groups is 2. The number of ether oxygens (including phenoxy) is 1. The SMILES string of the molecule is C[C@@H]1CN(CCC(=O)N2C[C@@H](C(=O)O)[C@H](c3ccccc3)C2)C[C@H](C)O1. The number of hydrogen-bond acceptors (Lipinski definition) is 4. The predicted molar refractivity (Wildman–Crippen MR) is 98.0 cm³/mol. The van der Waals surface area contributed by atoms with E-state index >= 15 is 0 Å². The molecular formula is C20H28N2O4. The molecule has 2 aliphatic heterocycles. The third-order valence-corrected chi connectivity index (χ3v) is 5.35. The van der Waals surface area contributed by atoms with Crippen molar-refractivity contribution in [3.05, 3.63) is 35.9 Å². The Balaban J connectivity index is 1.59. The molecule has 6 nitrogen and oxygen atoms in total. The van der Waals surface area contributed by atoms with Crippen molar-refractivity contribution in [1.82, 2.24) is 9.80 Å². The van der Waals surface area contributed by atoms with Crippen LogP contribution in [0.5, 0.6) is 0 Å². The standard InChI is InChI=1S/C20H28N2O4/c1-14-10-21(11-15(2)26-14)9-8-19(23)22-12-17(18(13-22)20(24)25)16-6-4-3-5-7-16/h3-7,14-15,17-18H,8-13H2,1-2H3,(H,24,25)/t14-,15+,17-,18+/m0/s1. The molecule has 3 rings (SSSR count). The lowest BCUT2D eigenvalue weighted by Gasteiger charge is -2.35. The average molecular weight is 360 g/mol. The average Bonchev–Trinajstić information content (AvgIpc) is 3.05. The zero-order valence-electron chi connectivity index (χ0n) is 15.5. The number of hydrogen-bond donors (Lipinski definition) is 1. The molecule has 2 fully saturated rings. The molecular weight excluding hydrogens is 332 g/mol. The van der Waals surface area contributed by atoms with Gasteiger partial charge in [0.05, 0.1) is 18.1 Å². The molecule has 2 heterocycles. The van der Waals surface area contributed by atoms with Gasteiger partial charge in [0.1, 0.15) is 0 Å². The molecule has 1 N–H and O–H groups in total. The molecule has 1 aromatic rings. The Morgan fingerprint density at radius 1 is 1.08 bits per heavy atom. The van der Waals surface area contributed by atoms with Gasteiger partial charge < -0.3 is 14.7 Å². The molecule has 0 unspecified atom stereocenters. The van der Waals surface area contributed by atoms with E-state index in [4.69, 9.17) is 4.74 Å². The van der Waals surface area contributed by atoms with Crippen LogP contribution in [0, 0.1) is 5.92 Å². The fourth-order valence-electron chi connectivity index (χ4n) is 4.17. The quantitative estimate of drug-likeness (QED) is 0.867. The third kappa shape index (κ3) is 4.43. The van der Waals surface area contributed by atoms with Gasteiger partial charge in [-0.3, -0.25) is 14.5 Å². The van der Waals surface area contributed by atoms with E-state index in [-0.39, 0.29) is 24.0 Å². The molecule has 0 spiro atoms. The first kappa shape index (κ1) is 18.9. The molecule has 1 amide bonds. The Kier molecular flexibility index (Phi) is 5.94. The first-order valence-electron chi connectivity index (χ1n) is 9.37. The van der Waals surface area contributed by atoms with Crippen molar-refractivity contribution in [3.8, 4) is 0 Å². The van der Waals surface area contributed by atoms with Crippen molar-refractivity contribution in [2.24, 2.45) is 5.92 Å². The summed E-state index contributed by atoms with van der Waals surface area (Å²) in [7, 11) is 0. The van der Waals surface area contributed by atoms with Gasteiger partial charge in [-0.15, -0.1) is 0 Å². The number of aliphatic carboxylic acids is 1. The number of likely N-dealkylation sites (tertiary alicyclic amines) is 1. The van der Waals surface area contributed by atoms with Crippen LogP contribution in [0.2, 0.25) is 0 Å². The second-order valence-electron chi connectivity index (χ2n) is 7.53. The van der Waals surface area contributed by atoms with E-state index in [1.54, 1.807) is 4.90 Å². The van der Waals surface area contributed by atoms with Gasteiger partial charge in [0.15, 0.2) is 0 Å². The Morgan fingerprint density at radius 2 is 1.73 bits per heavy atom. The number of morpholine rings is 1. The summed E-state index contributed by atoms with van der Waals surface area (Å²) in [4.78, 5) is 28.3. The van der Waals surface area contributed by atoms with Crippen molar-refractivity contribution in [1.29, 1.82) is 0 Å². The van der Waals surface area contributed by atoms with Crippen LogP contribution >= 0.6 is 0 Å². The summed E-state index contributed by atoms with van der Waals surface area (Å²) in [6.07, 6.45) is 0.784. The van der Waals surface area contributed by atoms with E-state index in [0.717, 1.165) is 18.7 Å². The third-order valence-electron chi connectivity index (χ3n) is 5.35.